The zero-order chi connectivity index (χ0) is 22.6. The number of aliphatic hydroxyl groups is 1. The van der Waals surface area contributed by atoms with E-state index in [9.17, 15) is 14.7 Å². The molecule has 2 rings (SSSR count). The van der Waals surface area contributed by atoms with Crippen LogP contribution in [0.3, 0.4) is 0 Å². The number of carboxylic acids is 1. The molecular weight excluding hydrogens is 438 g/mol. The molecule has 7 nitrogen and oxygen atoms in total. The maximum atomic E-state index is 12.5. The number of benzene rings is 1. The molecule has 1 saturated heterocycles. The van der Waals surface area contributed by atoms with Gasteiger partial charge in [-0.3, -0.25) is 14.5 Å². The lowest BCUT2D eigenvalue weighted by atomic mass is 10.1. The third kappa shape index (κ3) is 8.16. The molecule has 0 spiro atoms. The number of hydrogen-bond acceptors (Lipinski definition) is 7. The minimum atomic E-state index is -0.986. The van der Waals surface area contributed by atoms with E-state index in [1.54, 1.807) is 24.3 Å². The Morgan fingerprint density at radius 2 is 1.90 bits per heavy atom. The number of ether oxygens (including phenoxy) is 2. The number of nitrogens with zero attached hydrogens (tertiary/aromatic N) is 1. The van der Waals surface area contributed by atoms with Crippen LogP contribution in [-0.2, 0) is 9.59 Å². The minimum absolute atomic E-state index is 0.0431. The van der Waals surface area contributed by atoms with Crippen LogP contribution in [0.2, 0.25) is 0 Å². The molecule has 1 amide bonds. The summed E-state index contributed by atoms with van der Waals surface area (Å²) in [6.45, 7) is 2.31. The fraction of sp³-hybridized carbons (Fsp3) is 0.500. The van der Waals surface area contributed by atoms with Crippen molar-refractivity contribution >= 4 is 46.3 Å². The molecule has 170 valence electrons. The summed E-state index contributed by atoms with van der Waals surface area (Å²) in [5.74, 6) is -0.373. The molecule has 1 aliphatic heterocycles. The Hall–Kier alpha value is -2.10. The lowest BCUT2D eigenvalue weighted by molar-refractivity contribution is -0.137. The zero-order valence-corrected chi connectivity index (χ0v) is 19.3. The first-order valence-corrected chi connectivity index (χ1v) is 11.7. The molecule has 9 heteroatoms. The van der Waals surface area contributed by atoms with Crippen molar-refractivity contribution in [2.45, 2.75) is 51.9 Å². The molecular formula is C22H29NO6S2. The highest BCUT2D eigenvalue weighted by Gasteiger charge is 2.32. The predicted molar refractivity (Wildman–Crippen MR) is 125 cm³/mol. The van der Waals surface area contributed by atoms with E-state index in [1.807, 2.05) is 0 Å². The largest absolute Gasteiger partial charge is 0.490 e. The second kappa shape index (κ2) is 13.3. The van der Waals surface area contributed by atoms with Gasteiger partial charge in [0.05, 0.1) is 17.9 Å². The van der Waals surface area contributed by atoms with Gasteiger partial charge in [-0.15, -0.1) is 0 Å². The number of hydrogen-bond donors (Lipinski definition) is 2. The number of aliphatic carboxylic acids is 1. The molecule has 1 aromatic carbocycles. The van der Waals surface area contributed by atoms with E-state index in [0.29, 0.717) is 32.9 Å². The molecule has 0 bridgehead atoms. The number of thiocarbonyl (C=S) groups is 1. The molecule has 0 atom stereocenters. The summed E-state index contributed by atoms with van der Waals surface area (Å²) in [5, 5.41) is 18.0. The van der Waals surface area contributed by atoms with Crippen LogP contribution in [0.4, 0.5) is 0 Å². The summed E-state index contributed by atoms with van der Waals surface area (Å²) in [6.07, 6.45) is 8.47. The van der Waals surface area contributed by atoms with E-state index in [1.165, 1.54) is 30.6 Å². The van der Waals surface area contributed by atoms with Crippen molar-refractivity contribution < 1.29 is 29.3 Å². The summed E-state index contributed by atoms with van der Waals surface area (Å²) < 4.78 is 11.4. The van der Waals surface area contributed by atoms with E-state index < -0.39 is 12.8 Å². The fourth-order valence-corrected chi connectivity index (χ4v) is 4.34. The van der Waals surface area contributed by atoms with Gasteiger partial charge >= 0.3 is 5.97 Å². The van der Waals surface area contributed by atoms with Gasteiger partial charge in [-0.1, -0.05) is 69.1 Å². The van der Waals surface area contributed by atoms with E-state index in [4.69, 9.17) is 26.8 Å². The maximum absolute atomic E-state index is 12.5. The first-order chi connectivity index (χ1) is 15.0. The highest BCUT2D eigenvalue weighted by molar-refractivity contribution is 8.26. The van der Waals surface area contributed by atoms with Crippen LogP contribution in [0.15, 0.2) is 23.1 Å². The summed E-state index contributed by atoms with van der Waals surface area (Å²) in [7, 11) is 0. The summed E-state index contributed by atoms with van der Waals surface area (Å²) >= 11 is 6.33. The molecule has 31 heavy (non-hydrogen) atoms. The fourth-order valence-electron chi connectivity index (χ4n) is 3.03. The Labute approximate surface area is 192 Å². The Balaban J connectivity index is 2.00. The van der Waals surface area contributed by atoms with Crippen LogP contribution in [-0.4, -0.2) is 51.3 Å². The van der Waals surface area contributed by atoms with Crippen LogP contribution < -0.4 is 9.47 Å². The molecule has 2 N–H and O–H groups in total. The number of rotatable bonds is 14. The first-order valence-electron chi connectivity index (χ1n) is 10.4. The second-order valence-electron chi connectivity index (χ2n) is 7.07. The van der Waals surface area contributed by atoms with Crippen molar-refractivity contribution in [3.63, 3.8) is 0 Å². The van der Waals surface area contributed by atoms with Gasteiger partial charge in [0.25, 0.3) is 5.91 Å². The van der Waals surface area contributed by atoms with Crippen LogP contribution in [0.5, 0.6) is 11.5 Å². The smallest absolute Gasteiger partial charge is 0.305 e. The van der Waals surface area contributed by atoms with E-state index in [-0.39, 0.29) is 18.9 Å². The molecule has 1 heterocycles. The lowest BCUT2D eigenvalue weighted by Crippen LogP contribution is -2.30. The van der Waals surface area contributed by atoms with Gasteiger partial charge in [-0.2, -0.15) is 0 Å². The Morgan fingerprint density at radius 1 is 1.16 bits per heavy atom. The van der Waals surface area contributed by atoms with Crippen molar-refractivity contribution in [2.24, 2.45) is 0 Å². The lowest BCUT2D eigenvalue weighted by Gasteiger charge is -2.13. The van der Waals surface area contributed by atoms with Crippen LogP contribution in [0, 0.1) is 0 Å². The maximum Gasteiger partial charge on any atom is 0.305 e. The quantitative estimate of drug-likeness (QED) is 0.180. The highest BCUT2D eigenvalue weighted by atomic mass is 32.2. The van der Waals surface area contributed by atoms with Gasteiger partial charge in [0.1, 0.15) is 4.32 Å². The number of thioether (sulfide) groups is 1. The van der Waals surface area contributed by atoms with Crippen molar-refractivity contribution in [3.8, 4) is 11.5 Å². The van der Waals surface area contributed by atoms with Crippen molar-refractivity contribution in [3.05, 3.63) is 28.7 Å². The first kappa shape index (κ1) is 25.2. The van der Waals surface area contributed by atoms with Crippen molar-refractivity contribution in [1.29, 1.82) is 0 Å². The van der Waals surface area contributed by atoms with E-state index in [2.05, 4.69) is 6.92 Å². The number of amides is 1. The normalized spacial score (nSPS) is 15.0. The molecule has 1 aromatic rings. The van der Waals surface area contributed by atoms with Crippen LogP contribution in [0.1, 0.15) is 57.4 Å². The molecule has 0 aliphatic carbocycles. The average molecular weight is 468 g/mol. The highest BCUT2D eigenvalue weighted by Crippen LogP contribution is 2.35. The second-order valence-corrected chi connectivity index (χ2v) is 8.75. The molecule has 0 unspecified atom stereocenters. The van der Waals surface area contributed by atoms with Gasteiger partial charge in [0, 0.05) is 6.54 Å². The molecule has 1 aliphatic rings. The number of carbonyl (C=O) groups is 2. The van der Waals surface area contributed by atoms with Crippen molar-refractivity contribution in [1.82, 2.24) is 4.90 Å². The number of aliphatic hydroxyl groups excluding tert-OH is 1. The summed E-state index contributed by atoms with van der Waals surface area (Å²) in [4.78, 5) is 25.0. The number of unbranched alkanes of at least 4 members (excludes halogenated alkanes) is 5. The van der Waals surface area contributed by atoms with Gasteiger partial charge in [-0.05, 0) is 30.2 Å². The predicted octanol–water partition coefficient (Wildman–Crippen LogP) is 4.43. The Bertz CT molecular complexity index is 811. The van der Waals surface area contributed by atoms with E-state index in [0.717, 1.165) is 24.6 Å². The molecule has 0 radical (unpaired) electrons. The SMILES string of the molecule is CCCCCCCCOc1ccc(C=C2SC(=S)N(CCC(=O)O)C2=O)cc1OCO. The molecule has 0 aromatic heterocycles. The summed E-state index contributed by atoms with van der Waals surface area (Å²) in [6, 6.07) is 5.24. The molecule has 0 saturated carbocycles. The third-order valence-corrected chi connectivity index (χ3v) is 6.04. The zero-order valence-electron chi connectivity index (χ0n) is 17.7. The molecule has 1 fully saturated rings. The van der Waals surface area contributed by atoms with Gasteiger partial charge in [0.2, 0.25) is 0 Å². The van der Waals surface area contributed by atoms with Gasteiger partial charge in [-0.25, -0.2) is 0 Å². The Kier molecular flexibility index (Phi) is 10.8. The topological polar surface area (TPSA) is 96.3 Å². The third-order valence-electron chi connectivity index (χ3n) is 4.66. The minimum Gasteiger partial charge on any atom is -0.490 e. The Morgan fingerprint density at radius 3 is 2.61 bits per heavy atom. The van der Waals surface area contributed by atoms with E-state index >= 15 is 0 Å². The van der Waals surface area contributed by atoms with Crippen LogP contribution in [0.25, 0.3) is 6.08 Å². The van der Waals surface area contributed by atoms with Crippen LogP contribution >= 0.6 is 24.0 Å². The van der Waals surface area contributed by atoms with Gasteiger partial charge in [0.15, 0.2) is 18.3 Å². The van der Waals surface area contributed by atoms with Crippen molar-refractivity contribution in [2.75, 3.05) is 19.9 Å². The van der Waals surface area contributed by atoms with Gasteiger partial charge < -0.3 is 19.7 Å². The average Bonchev–Trinajstić information content (AvgIpc) is 2.99. The number of carboxylic acid groups (broad SMARTS) is 1. The standard InChI is InChI=1S/C22H29NO6S2/c1-2-3-4-5-6-7-12-28-17-9-8-16(13-18(17)29-15-24)14-19-21(27)23(22(30)31-19)11-10-20(25)26/h8-9,13-14,24H,2-7,10-12,15H2,1H3,(H,25,26). The summed E-state index contributed by atoms with van der Waals surface area (Å²) in [5.41, 5.74) is 0.689. The number of carbonyl (C=O) groups excluding carboxylic acids is 1. The monoisotopic (exact) mass is 467 g/mol.